The number of ether oxygens (including phenoxy) is 1. The zero-order chi connectivity index (χ0) is 10.8. The summed E-state index contributed by atoms with van der Waals surface area (Å²) in [4.78, 5) is 13.6. The molecule has 0 bridgehead atoms. The van der Waals surface area contributed by atoms with Gasteiger partial charge in [0, 0.05) is 18.9 Å². The van der Waals surface area contributed by atoms with Crippen LogP contribution >= 0.6 is 12.2 Å². The van der Waals surface area contributed by atoms with Gasteiger partial charge >= 0.3 is 0 Å². The van der Waals surface area contributed by atoms with Crippen molar-refractivity contribution >= 4 is 12.2 Å². The molecule has 1 aliphatic rings. The van der Waals surface area contributed by atoms with Crippen LogP contribution in [0.15, 0.2) is 17.1 Å². The van der Waals surface area contributed by atoms with Crippen molar-refractivity contribution < 1.29 is 4.74 Å². The first-order valence-corrected chi connectivity index (χ1v) is 5.52. The molecule has 1 fully saturated rings. The SMILES string of the molecule is CC(C1CCCO1)n1ccc(=O)[nH]c1=S. The van der Waals surface area contributed by atoms with Gasteiger partial charge in [-0.2, -0.15) is 0 Å². The molecule has 0 saturated carbocycles. The summed E-state index contributed by atoms with van der Waals surface area (Å²) >= 11 is 5.10. The van der Waals surface area contributed by atoms with Gasteiger partial charge in [-0.1, -0.05) is 0 Å². The number of aromatic amines is 1. The number of H-pyrrole nitrogens is 1. The van der Waals surface area contributed by atoms with Gasteiger partial charge in [-0.05, 0) is 32.0 Å². The van der Waals surface area contributed by atoms with E-state index in [9.17, 15) is 4.79 Å². The smallest absolute Gasteiger partial charge is 0.251 e. The Morgan fingerprint density at radius 1 is 1.73 bits per heavy atom. The number of hydrogen-bond acceptors (Lipinski definition) is 3. The Bertz CT molecular complexity index is 445. The normalized spacial score (nSPS) is 22.9. The third-order valence-corrected chi connectivity index (χ3v) is 3.11. The second kappa shape index (κ2) is 4.28. The zero-order valence-corrected chi connectivity index (χ0v) is 9.42. The van der Waals surface area contributed by atoms with Crippen LogP contribution in [0.2, 0.25) is 0 Å². The summed E-state index contributed by atoms with van der Waals surface area (Å²) in [6.07, 6.45) is 4.10. The van der Waals surface area contributed by atoms with Crippen molar-refractivity contribution in [3.63, 3.8) is 0 Å². The molecular formula is C10H14N2O2S. The summed E-state index contributed by atoms with van der Waals surface area (Å²) < 4.78 is 7.94. The molecule has 1 aliphatic heterocycles. The third-order valence-electron chi connectivity index (χ3n) is 2.79. The highest BCUT2D eigenvalue weighted by molar-refractivity contribution is 7.71. The molecule has 0 aromatic carbocycles. The highest BCUT2D eigenvalue weighted by atomic mass is 32.1. The minimum absolute atomic E-state index is 0.157. The molecule has 2 heterocycles. The van der Waals surface area contributed by atoms with Gasteiger partial charge in [-0.3, -0.25) is 9.78 Å². The Morgan fingerprint density at radius 3 is 3.13 bits per heavy atom. The van der Waals surface area contributed by atoms with Crippen molar-refractivity contribution in [2.75, 3.05) is 6.61 Å². The first-order valence-electron chi connectivity index (χ1n) is 5.11. The Balaban J connectivity index is 2.28. The van der Waals surface area contributed by atoms with Gasteiger partial charge in [-0.15, -0.1) is 0 Å². The molecule has 2 unspecified atom stereocenters. The standard InChI is InChI=1S/C10H14N2O2S/c1-7(8-3-2-6-14-8)12-5-4-9(13)11-10(12)15/h4-5,7-8H,2-3,6H2,1H3,(H,11,13,15). The van der Waals surface area contributed by atoms with Crippen LogP contribution in [0.3, 0.4) is 0 Å². The van der Waals surface area contributed by atoms with Crippen molar-refractivity contribution in [3.8, 4) is 0 Å². The van der Waals surface area contributed by atoms with E-state index in [1.807, 2.05) is 4.57 Å². The fourth-order valence-corrected chi connectivity index (χ4v) is 2.24. The molecule has 0 aliphatic carbocycles. The van der Waals surface area contributed by atoms with Crippen LogP contribution in [0.4, 0.5) is 0 Å². The molecule has 1 aromatic rings. The van der Waals surface area contributed by atoms with Crippen LogP contribution in [0.25, 0.3) is 0 Å². The maximum atomic E-state index is 11.0. The van der Waals surface area contributed by atoms with E-state index in [-0.39, 0.29) is 17.7 Å². The van der Waals surface area contributed by atoms with Gasteiger partial charge in [0.25, 0.3) is 5.56 Å². The van der Waals surface area contributed by atoms with Crippen molar-refractivity contribution in [1.29, 1.82) is 0 Å². The lowest BCUT2D eigenvalue weighted by Crippen LogP contribution is -2.23. The first kappa shape index (κ1) is 10.6. The Morgan fingerprint density at radius 2 is 2.53 bits per heavy atom. The lowest BCUT2D eigenvalue weighted by atomic mass is 10.1. The van der Waals surface area contributed by atoms with Crippen LogP contribution < -0.4 is 5.56 Å². The molecular weight excluding hydrogens is 212 g/mol. The highest BCUT2D eigenvalue weighted by Crippen LogP contribution is 2.23. The molecule has 1 N–H and O–H groups in total. The fraction of sp³-hybridized carbons (Fsp3) is 0.600. The summed E-state index contributed by atoms with van der Waals surface area (Å²) in [6.45, 7) is 2.88. The van der Waals surface area contributed by atoms with Crippen molar-refractivity contribution in [2.45, 2.75) is 31.9 Å². The molecule has 82 valence electrons. The topological polar surface area (TPSA) is 47.0 Å². The predicted molar refractivity (Wildman–Crippen MR) is 59.6 cm³/mol. The van der Waals surface area contributed by atoms with Gasteiger partial charge < -0.3 is 9.30 Å². The molecule has 1 aromatic heterocycles. The lowest BCUT2D eigenvalue weighted by Gasteiger charge is -2.21. The molecule has 4 nitrogen and oxygen atoms in total. The van der Waals surface area contributed by atoms with Gasteiger partial charge in [0.15, 0.2) is 4.77 Å². The first-order chi connectivity index (χ1) is 7.18. The average Bonchev–Trinajstić information content (AvgIpc) is 2.69. The number of rotatable bonds is 2. The average molecular weight is 226 g/mol. The predicted octanol–water partition coefficient (Wildman–Crippen LogP) is 1.65. The molecule has 15 heavy (non-hydrogen) atoms. The number of aromatic nitrogens is 2. The quantitative estimate of drug-likeness (QED) is 0.780. The largest absolute Gasteiger partial charge is 0.376 e. The summed E-state index contributed by atoms with van der Waals surface area (Å²) in [7, 11) is 0. The number of nitrogens with one attached hydrogen (secondary N) is 1. The number of nitrogens with zero attached hydrogens (tertiary/aromatic N) is 1. The van der Waals surface area contributed by atoms with E-state index in [0.29, 0.717) is 4.77 Å². The van der Waals surface area contributed by atoms with Gasteiger partial charge in [0.1, 0.15) is 0 Å². The Hall–Kier alpha value is -0.940. The Labute approximate surface area is 92.9 Å². The monoisotopic (exact) mass is 226 g/mol. The molecule has 0 radical (unpaired) electrons. The van der Waals surface area contributed by atoms with E-state index >= 15 is 0 Å². The summed E-state index contributed by atoms with van der Waals surface area (Å²) in [6, 6.07) is 1.66. The van der Waals surface area contributed by atoms with Crippen LogP contribution in [-0.2, 0) is 4.74 Å². The molecule has 0 amide bonds. The molecule has 2 rings (SSSR count). The molecule has 5 heteroatoms. The van der Waals surface area contributed by atoms with Crippen molar-refractivity contribution in [2.24, 2.45) is 0 Å². The lowest BCUT2D eigenvalue weighted by molar-refractivity contribution is 0.0722. The second-order valence-electron chi connectivity index (χ2n) is 3.81. The minimum atomic E-state index is -0.157. The van der Waals surface area contributed by atoms with Crippen molar-refractivity contribution in [3.05, 3.63) is 27.4 Å². The summed E-state index contributed by atoms with van der Waals surface area (Å²) in [5.41, 5.74) is -0.157. The molecule has 0 spiro atoms. The van der Waals surface area contributed by atoms with Crippen molar-refractivity contribution in [1.82, 2.24) is 9.55 Å². The van der Waals surface area contributed by atoms with E-state index in [4.69, 9.17) is 17.0 Å². The summed E-state index contributed by atoms with van der Waals surface area (Å²) in [5, 5.41) is 0. The highest BCUT2D eigenvalue weighted by Gasteiger charge is 2.23. The van der Waals surface area contributed by atoms with E-state index < -0.39 is 0 Å². The van der Waals surface area contributed by atoms with Gasteiger partial charge in [0.05, 0.1) is 12.1 Å². The second-order valence-corrected chi connectivity index (χ2v) is 4.20. The van der Waals surface area contributed by atoms with Crippen LogP contribution in [-0.4, -0.2) is 22.3 Å². The number of hydrogen-bond donors (Lipinski definition) is 1. The van der Waals surface area contributed by atoms with E-state index in [0.717, 1.165) is 19.4 Å². The third kappa shape index (κ3) is 2.18. The van der Waals surface area contributed by atoms with E-state index in [1.54, 1.807) is 6.20 Å². The van der Waals surface area contributed by atoms with Gasteiger partial charge in [0.2, 0.25) is 0 Å². The fourth-order valence-electron chi connectivity index (χ4n) is 1.91. The zero-order valence-electron chi connectivity index (χ0n) is 8.60. The maximum Gasteiger partial charge on any atom is 0.251 e. The Kier molecular flexibility index (Phi) is 3.02. The maximum absolute atomic E-state index is 11.0. The molecule has 1 saturated heterocycles. The molecule has 2 atom stereocenters. The van der Waals surface area contributed by atoms with Crippen LogP contribution in [0.5, 0.6) is 0 Å². The van der Waals surface area contributed by atoms with Gasteiger partial charge in [-0.25, -0.2) is 0 Å². The van der Waals surface area contributed by atoms with E-state index in [2.05, 4.69) is 11.9 Å². The minimum Gasteiger partial charge on any atom is -0.376 e. The van der Waals surface area contributed by atoms with Crippen LogP contribution in [0, 0.1) is 4.77 Å². The van der Waals surface area contributed by atoms with Crippen LogP contribution in [0.1, 0.15) is 25.8 Å². The van der Waals surface area contributed by atoms with E-state index in [1.165, 1.54) is 6.07 Å². The summed E-state index contributed by atoms with van der Waals surface area (Å²) in [5.74, 6) is 0.